The number of carboxylic acid groups (broad SMARTS) is 1. The Bertz CT molecular complexity index is 585. The first-order chi connectivity index (χ1) is 8.06. The summed E-state index contributed by atoms with van der Waals surface area (Å²) < 4.78 is 1.87. The second kappa shape index (κ2) is 4.22. The molecule has 0 amide bonds. The van der Waals surface area contributed by atoms with E-state index in [9.17, 15) is 9.90 Å². The SMILES string of the molecule is Cc1ccc2c(CCN)cn(C)c2c1C(=O)O. The van der Waals surface area contributed by atoms with E-state index in [4.69, 9.17) is 5.73 Å². The Morgan fingerprint density at radius 2 is 2.18 bits per heavy atom. The monoisotopic (exact) mass is 232 g/mol. The highest BCUT2D eigenvalue weighted by Gasteiger charge is 2.16. The number of nitrogens with zero attached hydrogens (tertiary/aromatic N) is 1. The van der Waals surface area contributed by atoms with Crippen molar-refractivity contribution in [1.29, 1.82) is 0 Å². The van der Waals surface area contributed by atoms with Crippen LogP contribution >= 0.6 is 0 Å². The van der Waals surface area contributed by atoms with Gasteiger partial charge >= 0.3 is 5.97 Å². The zero-order valence-electron chi connectivity index (χ0n) is 10.0. The standard InChI is InChI=1S/C13H16N2O2/c1-8-3-4-10-9(5-6-14)7-15(2)12(10)11(8)13(16)17/h3-4,7H,5-6,14H2,1-2H3,(H,16,17). The number of hydrogen-bond acceptors (Lipinski definition) is 2. The zero-order valence-corrected chi connectivity index (χ0v) is 10.0. The van der Waals surface area contributed by atoms with Crippen LogP contribution in [0.15, 0.2) is 18.3 Å². The van der Waals surface area contributed by atoms with E-state index < -0.39 is 5.97 Å². The van der Waals surface area contributed by atoms with Crippen molar-refractivity contribution >= 4 is 16.9 Å². The summed E-state index contributed by atoms with van der Waals surface area (Å²) in [6, 6.07) is 3.83. The number of rotatable bonds is 3. The van der Waals surface area contributed by atoms with Crippen LogP contribution in [0.4, 0.5) is 0 Å². The third-order valence-corrected chi connectivity index (χ3v) is 3.06. The van der Waals surface area contributed by atoms with Crippen molar-refractivity contribution in [2.24, 2.45) is 12.8 Å². The number of carbonyl (C=O) groups is 1. The van der Waals surface area contributed by atoms with E-state index in [0.717, 1.165) is 28.5 Å². The van der Waals surface area contributed by atoms with Crippen LogP contribution in [0, 0.1) is 6.92 Å². The van der Waals surface area contributed by atoms with Crippen molar-refractivity contribution in [3.05, 3.63) is 35.0 Å². The maximum atomic E-state index is 11.3. The van der Waals surface area contributed by atoms with E-state index in [-0.39, 0.29) is 0 Å². The maximum absolute atomic E-state index is 11.3. The smallest absolute Gasteiger partial charge is 0.338 e. The molecule has 0 aliphatic carbocycles. The molecule has 1 aromatic carbocycles. The van der Waals surface area contributed by atoms with Gasteiger partial charge in [-0.15, -0.1) is 0 Å². The summed E-state index contributed by atoms with van der Waals surface area (Å²) in [6.45, 7) is 2.38. The predicted octanol–water partition coefficient (Wildman–Crippen LogP) is 1.69. The third-order valence-electron chi connectivity index (χ3n) is 3.06. The molecule has 2 rings (SSSR count). The number of aryl methyl sites for hydroxylation is 2. The van der Waals surface area contributed by atoms with E-state index in [1.165, 1.54) is 0 Å². The molecule has 4 heteroatoms. The minimum absolute atomic E-state index is 0.383. The second-order valence-corrected chi connectivity index (χ2v) is 4.26. The highest BCUT2D eigenvalue weighted by Crippen LogP contribution is 2.26. The van der Waals surface area contributed by atoms with Crippen LogP contribution in [-0.4, -0.2) is 22.2 Å². The van der Waals surface area contributed by atoms with Gasteiger partial charge in [0.25, 0.3) is 0 Å². The summed E-state index contributed by atoms with van der Waals surface area (Å²) in [4.78, 5) is 11.3. The lowest BCUT2D eigenvalue weighted by molar-refractivity contribution is 0.0698. The Kier molecular flexibility index (Phi) is 2.90. The molecule has 1 heterocycles. The fourth-order valence-corrected chi connectivity index (χ4v) is 2.31. The van der Waals surface area contributed by atoms with Gasteiger partial charge in [-0.25, -0.2) is 4.79 Å². The first kappa shape index (κ1) is 11.7. The normalized spacial score (nSPS) is 11.0. The molecular weight excluding hydrogens is 216 g/mol. The first-order valence-electron chi connectivity index (χ1n) is 5.57. The number of carboxylic acids is 1. The van der Waals surface area contributed by atoms with Crippen molar-refractivity contribution in [3.63, 3.8) is 0 Å². The van der Waals surface area contributed by atoms with Gasteiger partial charge in [0, 0.05) is 18.6 Å². The molecule has 0 radical (unpaired) electrons. The highest BCUT2D eigenvalue weighted by atomic mass is 16.4. The lowest BCUT2D eigenvalue weighted by atomic mass is 10.0. The fourth-order valence-electron chi connectivity index (χ4n) is 2.31. The third kappa shape index (κ3) is 1.80. The van der Waals surface area contributed by atoms with Crippen LogP contribution in [0.2, 0.25) is 0 Å². The molecule has 0 bridgehead atoms. The average molecular weight is 232 g/mol. The van der Waals surface area contributed by atoms with Crippen LogP contribution in [0.5, 0.6) is 0 Å². The topological polar surface area (TPSA) is 68.2 Å². The molecule has 0 aliphatic rings. The van der Waals surface area contributed by atoms with Crippen molar-refractivity contribution < 1.29 is 9.90 Å². The molecule has 17 heavy (non-hydrogen) atoms. The van der Waals surface area contributed by atoms with Crippen molar-refractivity contribution in [2.75, 3.05) is 6.54 Å². The molecule has 3 N–H and O–H groups in total. The largest absolute Gasteiger partial charge is 0.478 e. The van der Waals surface area contributed by atoms with Crippen LogP contribution in [0.1, 0.15) is 21.5 Å². The van der Waals surface area contributed by atoms with Gasteiger partial charge in [-0.3, -0.25) is 0 Å². The molecular formula is C13H16N2O2. The Balaban J connectivity index is 2.81. The lowest BCUT2D eigenvalue weighted by Crippen LogP contribution is -2.03. The minimum atomic E-state index is -0.881. The summed E-state index contributed by atoms with van der Waals surface area (Å²) in [6.07, 6.45) is 2.73. The average Bonchev–Trinajstić information content (AvgIpc) is 2.56. The van der Waals surface area contributed by atoms with E-state index in [2.05, 4.69) is 0 Å². The first-order valence-corrected chi connectivity index (χ1v) is 5.57. The molecule has 2 aromatic rings. The molecule has 0 fully saturated rings. The molecule has 0 unspecified atom stereocenters. The van der Waals surface area contributed by atoms with Crippen LogP contribution in [-0.2, 0) is 13.5 Å². The number of nitrogens with two attached hydrogens (primary N) is 1. The molecule has 4 nitrogen and oxygen atoms in total. The highest BCUT2D eigenvalue weighted by molar-refractivity contribution is 6.04. The van der Waals surface area contributed by atoms with E-state index in [1.807, 2.05) is 36.9 Å². The van der Waals surface area contributed by atoms with E-state index in [1.54, 1.807) is 0 Å². The molecule has 0 saturated carbocycles. The van der Waals surface area contributed by atoms with Crippen molar-refractivity contribution in [1.82, 2.24) is 4.57 Å². The molecule has 0 spiro atoms. The van der Waals surface area contributed by atoms with Crippen molar-refractivity contribution in [2.45, 2.75) is 13.3 Å². The number of benzene rings is 1. The van der Waals surface area contributed by atoms with Gasteiger partial charge in [0.1, 0.15) is 0 Å². The molecule has 1 aromatic heterocycles. The van der Waals surface area contributed by atoms with Crippen molar-refractivity contribution in [3.8, 4) is 0 Å². The second-order valence-electron chi connectivity index (χ2n) is 4.26. The summed E-state index contributed by atoms with van der Waals surface area (Å²) in [5.74, 6) is -0.881. The maximum Gasteiger partial charge on any atom is 0.338 e. The number of fused-ring (bicyclic) bond motifs is 1. The zero-order chi connectivity index (χ0) is 12.6. The quantitative estimate of drug-likeness (QED) is 0.846. The lowest BCUT2D eigenvalue weighted by Gasteiger charge is -2.05. The van der Waals surface area contributed by atoms with Gasteiger partial charge in [0.2, 0.25) is 0 Å². The van der Waals surface area contributed by atoms with Crippen LogP contribution in [0.25, 0.3) is 10.9 Å². The van der Waals surface area contributed by atoms with Gasteiger partial charge in [-0.05, 0) is 31.0 Å². The molecule has 90 valence electrons. The van der Waals surface area contributed by atoms with Gasteiger partial charge in [0.15, 0.2) is 0 Å². The summed E-state index contributed by atoms with van der Waals surface area (Å²) in [7, 11) is 1.87. The summed E-state index contributed by atoms with van der Waals surface area (Å²) in [5, 5.41) is 10.3. The van der Waals surface area contributed by atoms with Gasteiger partial charge in [-0.1, -0.05) is 12.1 Å². The Morgan fingerprint density at radius 1 is 1.47 bits per heavy atom. The molecule has 0 atom stereocenters. The Morgan fingerprint density at radius 3 is 2.76 bits per heavy atom. The fraction of sp³-hybridized carbons (Fsp3) is 0.308. The number of aromatic carboxylic acids is 1. The van der Waals surface area contributed by atoms with Crippen LogP contribution < -0.4 is 5.73 Å². The number of aromatic nitrogens is 1. The Hall–Kier alpha value is -1.81. The minimum Gasteiger partial charge on any atom is -0.478 e. The van der Waals surface area contributed by atoms with E-state index in [0.29, 0.717) is 12.1 Å². The van der Waals surface area contributed by atoms with E-state index >= 15 is 0 Å². The van der Waals surface area contributed by atoms with Crippen LogP contribution in [0.3, 0.4) is 0 Å². The molecule has 0 saturated heterocycles. The Labute approximate surface area is 99.7 Å². The summed E-state index contributed by atoms with van der Waals surface area (Å²) >= 11 is 0. The van der Waals surface area contributed by atoms with Gasteiger partial charge in [-0.2, -0.15) is 0 Å². The molecule has 0 aliphatic heterocycles. The van der Waals surface area contributed by atoms with Gasteiger partial charge in [0.05, 0.1) is 11.1 Å². The predicted molar refractivity (Wildman–Crippen MR) is 67.4 cm³/mol. The van der Waals surface area contributed by atoms with Gasteiger partial charge < -0.3 is 15.4 Å². The number of hydrogen-bond donors (Lipinski definition) is 2. The summed E-state index contributed by atoms with van der Waals surface area (Å²) in [5.41, 5.74) is 8.61.